The van der Waals surface area contributed by atoms with Crippen molar-refractivity contribution in [2.75, 3.05) is 13.1 Å². The first kappa shape index (κ1) is 20.8. The van der Waals surface area contributed by atoms with Crippen molar-refractivity contribution in [3.63, 3.8) is 0 Å². The highest BCUT2D eigenvalue weighted by Crippen LogP contribution is 2.37. The number of hydrogen-bond acceptors (Lipinski definition) is 3. The zero-order valence-electron chi connectivity index (χ0n) is 17.4. The Bertz CT molecular complexity index is 983. The van der Waals surface area contributed by atoms with Crippen LogP contribution >= 0.6 is 0 Å². The summed E-state index contributed by atoms with van der Waals surface area (Å²) in [5.41, 5.74) is 3.33. The third-order valence-electron chi connectivity index (χ3n) is 5.68. The van der Waals surface area contributed by atoms with Gasteiger partial charge in [-0.15, -0.1) is 0 Å². The van der Waals surface area contributed by atoms with Gasteiger partial charge in [-0.2, -0.15) is 0 Å². The summed E-state index contributed by atoms with van der Waals surface area (Å²) < 4.78 is 12.2. The molecule has 1 heterocycles. The van der Waals surface area contributed by atoms with Crippen LogP contribution in [0.15, 0.2) is 78.9 Å². The Morgan fingerprint density at radius 1 is 0.839 bits per heavy atom. The topological polar surface area (TPSA) is 59.0 Å². The molecule has 1 fully saturated rings. The van der Waals surface area contributed by atoms with Gasteiger partial charge in [0.2, 0.25) is 0 Å². The number of likely N-dealkylation sites (tertiary alicyclic amines) is 1. The average molecular weight is 418 g/mol. The summed E-state index contributed by atoms with van der Waals surface area (Å²) in [4.78, 5) is 12.7. The van der Waals surface area contributed by atoms with Crippen molar-refractivity contribution >= 4 is 6.09 Å². The fourth-order valence-corrected chi connectivity index (χ4v) is 3.92. The standard InChI is InChI=1S/C26H27NO4/c28-26(29)27-15-13-22(14-16-27)24-12-11-23(30-18-20-7-3-1-4-8-20)17-25(24)31-19-21-9-5-2-6-10-21/h1-12,17,22H,13-16,18-19H2,(H,28,29). The van der Waals surface area contributed by atoms with Gasteiger partial charge in [0.25, 0.3) is 0 Å². The molecule has 0 atom stereocenters. The molecule has 0 saturated carbocycles. The molecule has 0 radical (unpaired) electrons. The molecule has 0 aromatic heterocycles. The van der Waals surface area contributed by atoms with E-state index in [1.54, 1.807) is 0 Å². The van der Waals surface area contributed by atoms with Crippen LogP contribution in [-0.2, 0) is 13.2 Å². The summed E-state index contributed by atoms with van der Waals surface area (Å²) in [5, 5.41) is 9.23. The lowest BCUT2D eigenvalue weighted by molar-refractivity contribution is 0.131. The minimum absolute atomic E-state index is 0.268. The molecule has 3 aromatic rings. The Morgan fingerprint density at radius 3 is 2.00 bits per heavy atom. The van der Waals surface area contributed by atoms with E-state index in [2.05, 4.69) is 6.07 Å². The number of amides is 1. The highest BCUT2D eigenvalue weighted by atomic mass is 16.5. The maximum absolute atomic E-state index is 11.2. The Hall–Kier alpha value is -3.47. The molecule has 5 nitrogen and oxygen atoms in total. The highest BCUT2D eigenvalue weighted by molar-refractivity contribution is 5.65. The average Bonchev–Trinajstić information content (AvgIpc) is 2.83. The Labute approximate surface area is 182 Å². The molecule has 160 valence electrons. The van der Waals surface area contributed by atoms with Crippen LogP contribution in [0.1, 0.15) is 35.4 Å². The number of ether oxygens (including phenoxy) is 2. The van der Waals surface area contributed by atoms with E-state index in [1.807, 2.05) is 72.8 Å². The van der Waals surface area contributed by atoms with E-state index in [0.717, 1.165) is 41.0 Å². The summed E-state index contributed by atoms with van der Waals surface area (Å²) in [6, 6.07) is 26.2. The molecule has 3 aromatic carbocycles. The number of nitrogens with zero attached hydrogens (tertiary/aromatic N) is 1. The molecule has 1 amide bonds. The Kier molecular flexibility index (Phi) is 6.72. The van der Waals surface area contributed by atoms with Crippen molar-refractivity contribution in [1.29, 1.82) is 0 Å². The normalized spacial score (nSPS) is 14.3. The zero-order valence-corrected chi connectivity index (χ0v) is 17.4. The predicted molar refractivity (Wildman–Crippen MR) is 120 cm³/mol. The van der Waals surface area contributed by atoms with E-state index >= 15 is 0 Å². The lowest BCUT2D eigenvalue weighted by Crippen LogP contribution is -2.36. The van der Waals surface area contributed by atoms with Crippen molar-refractivity contribution in [2.24, 2.45) is 0 Å². The lowest BCUT2D eigenvalue weighted by Gasteiger charge is -2.31. The number of carboxylic acid groups (broad SMARTS) is 1. The third-order valence-corrected chi connectivity index (χ3v) is 5.68. The van der Waals surface area contributed by atoms with E-state index in [1.165, 1.54) is 4.90 Å². The first-order valence-electron chi connectivity index (χ1n) is 10.6. The van der Waals surface area contributed by atoms with Gasteiger partial charge in [-0.3, -0.25) is 0 Å². The smallest absolute Gasteiger partial charge is 0.407 e. The second-order valence-electron chi connectivity index (χ2n) is 7.79. The van der Waals surface area contributed by atoms with Gasteiger partial charge in [0.05, 0.1) is 0 Å². The van der Waals surface area contributed by atoms with Crippen LogP contribution in [0.4, 0.5) is 4.79 Å². The lowest BCUT2D eigenvalue weighted by atomic mass is 9.89. The molecule has 0 spiro atoms. The van der Waals surface area contributed by atoms with Gasteiger partial charge in [-0.1, -0.05) is 66.7 Å². The summed E-state index contributed by atoms with van der Waals surface area (Å²) in [7, 11) is 0. The number of benzene rings is 3. The monoisotopic (exact) mass is 417 g/mol. The van der Waals surface area contributed by atoms with Crippen LogP contribution in [-0.4, -0.2) is 29.2 Å². The molecule has 0 bridgehead atoms. The summed E-state index contributed by atoms with van der Waals surface area (Å²) in [5.74, 6) is 1.84. The molecule has 0 aliphatic carbocycles. The molecule has 1 N–H and O–H groups in total. The quantitative estimate of drug-likeness (QED) is 0.536. The predicted octanol–water partition coefficient (Wildman–Crippen LogP) is 5.70. The van der Waals surface area contributed by atoms with E-state index in [9.17, 15) is 9.90 Å². The number of hydrogen-bond donors (Lipinski definition) is 1. The van der Waals surface area contributed by atoms with Crippen molar-refractivity contribution in [3.05, 3.63) is 95.6 Å². The summed E-state index contributed by atoms with van der Waals surface area (Å²) in [6.07, 6.45) is 0.736. The number of carbonyl (C=O) groups is 1. The van der Waals surface area contributed by atoms with Gasteiger partial charge >= 0.3 is 6.09 Å². The largest absolute Gasteiger partial charge is 0.489 e. The molecule has 0 unspecified atom stereocenters. The molecular formula is C26H27NO4. The molecule has 31 heavy (non-hydrogen) atoms. The fourth-order valence-electron chi connectivity index (χ4n) is 3.92. The number of piperidine rings is 1. The Morgan fingerprint density at radius 2 is 1.42 bits per heavy atom. The first-order valence-corrected chi connectivity index (χ1v) is 10.6. The Balaban J connectivity index is 1.50. The van der Waals surface area contributed by atoms with Crippen LogP contribution in [0.2, 0.25) is 0 Å². The van der Waals surface area contributed by atoms with E-state index in [-0.39, 0.29) is 5.92 Å². The molecule has 5 heteroatoms. The van der Waals surface area contributed by atoms with Crippen molar-refractivity contribution < 1.29 is 19.4 Å². The fraction of sp³-hybridized carbons (Fsp3) is 0.269. The molecule has 1 aliphatic rings. The summed E-state index contributed by atoms with van der Waals surface area (Å²) >= 11 is 0. The van der Waals surface area contributed by atoms with Gasteiger partial charge in [0.1, 0.15) is 24.7 Å². The van der Waals surface area contributed by atoms with Gasteiger partial charge in [-0.05, 0) is 41.5 Å². The van der Waals surface area contributed by atoms with Gasteiger partial charge < -0.3 is 19.5 Å². The van der Waals surface area contributed by atoms with Crippen LogP contribution < -0.4 is 9.47 Å². The maximum Gasteiger partial charge on any atom is 0.407 e. The summed E-state index contributed by atoms with van der Waals surface area (Å²) in [6.45, 7) is 2.06. The minimum atomic E-state index is -0.844. The molecule has 4 rings (SSSR count). The van der Waals surface area contributed by atoms with Crippen molar-refractivity contribution in [3.8, 4) is 11.5 Å². The number of rotatable bonds is 7. The zero-order chi connectivity index (χ0) is 21.5. The minimum Gasteiger partial charge on any atom is -0.489 e. The molecule has 1 aliphatic heterocycles. The van der Waals surface area contributed by atoms with E-state index in [0.29, 0.717) is 26.3 Å². The second kappa shape index (κ2) is 10.0. The van der Waals surface area contributed by atoms with E-state index < -0.39 is 6.09 Å². The first-order chi connectivity index (χ1) is 15.2. The molecule has 1 saturated heterocycles. The SMILES string of the molecule is O=C(O)N1CCC(c2ccc(OCc3ccccc3)cc2OCc2ccccc2)CC1. The van der Waals surface area contributed by atoms with Crippen LogP contribution in [0, 0.1) is 0 Å². The second-order valence-corrected chi connectivity index (χ2v) is 7.79. The molecular weight excluding hydrogens is 390 g/mol. The van der Waals surface area contributed by atoms with Crippen LogP contribution in [0.25, 0.3) is 0 Å². The van der Waals surface area contributed by atoms with Crippen molar-refractivity contribution in [2.45, 2.75) is 32.0 Å². The van der Waals surface area contributed by atoms with Crippen LogP contribution in [0.5, 0.6) is 11.5 Å². The van der Waals surface area contributed by atoms with Crippen LogP contribution in [0.3, 0.4) is 0 Å². The van der Waals surface area contributed by atoms with Gasteiger partial charge in [-0.25, -0.2) is 4.79 Å². The van der Waals surface area contributed by atoms with E-state index in [4.69, 9.17) is 9.47 Å². The van der Waals surface area contributed by atoms with Gasteiger partial charge in [0, 0.05) is 19.2 Å². The van der Waals surface area contributed by atoms with Crippen molar-refractivity contribution in [1.82, 2.24) is 4.90 Å². The highest BCUT2D eigenvalue weighted by Gasteiger charge is 2.25. The third kappa shape index (κ3) is 5.57. The maximum atomic E-state index is 11.2. The van der Waals surface area contributed by atoms with Gasteiger partial charge in [0.15, 0.2) is 0 Å².